The molecule has 0 unspecified atom stereocenters. The van der Waals surface area contributed by atoms with Crippen LogP contribution in [0, 0.1) is 0 Å². The zero-order valence-electron chi connectivity index (χ0n) is 8.42. The van der Waals surface area contributed by atoms with Gasteiger partial charge in [0.25, 0.3) is 0 Å². The first kappa shape index (κ1) is 10.2. The average Bonchev–Trinajstić information content (AvgIpc) is 2.25. The number of rotatable bonds is 2. The van der Waals surface area contributed by atoms with E-state index in [9.17, 15) is 0 Å². The summed E-state index contributed by atoms with van der Waals surface area (Å²) >= 11 is 3.41. The van der Waals surface area contributed by atoms with Crippen molar-refractivity contribution in [3.63, 3.8) is 0 Å². The van der Waals surface area contributed by atoms with Gasteiger partial charge in [0.1, 0.15) is 5.82 Å². The van der Waals surface area contributed by atoms with E-state index in [1.165, 1.54) is 0 Å². The lowest BCUT2D eigenvalue weighted by Gasteiger charge is -2.09. The Bertz CT molecular complexity index is 496. The van der Waals surface area contributed by atoms with E-state index in [2.05, 4.69) is 26.2 Å². The molecule has 3 nitrogen and oxygen atoms in total. The largest absolute Gasteiger partial charge is 0.397 e. The Hall–Kier alpha value is -1.29. The monoisotopic (exact) mass is 265 g/mol. The number of nitrogens with two attached hydrogens (primary N) is 1. The van der Waals surface area contributed by atoms with Crippen LogP contribution in [0.2, 0.25) is 0 Å². The van der Waals surface area contributed by atoms with Crippen molar-refractivity contribution in [1.29, 1.82) is 0 Å². The number of hydrogen-bond donors (Lipinski definition) is 2. The highest BCUT2D eigenvalue weighted by molar-refractivity contribution is 9.10. The van der Waals surface area contributed by atoms with E-state index in [4.69, 9.17) is 5.73 Å². The van der Waals surface area contributed by atoms with Crippen molar-refractivity contribution in [3.8, 4) is 0 Å². The minimum absolute atomic E-state index is 0.758. The summed E-state index contributed by atoms with van der Waals surface area (Å²) in [5.74, 6) is 0.884. The summed E-state index contributed by atoms with van der Waals surface area (Å²) in [6.07, 6.45) is 1.77. The molecule has 4 heteroatoms. The summed E-state index contributed by atoms with van der Waals surface area (Å²) in [6.45, 7) is 2.89. The second-order valence-corrected chi connectivity index (χ2v) is 4.10. The Morgan fingerprint density at radius 2 is 2.13 bits per heavy atom. The number of benzene rings is 1. The third-order valence-electron chi connectivity index (χ3n) is 2.28. The molecule has 0 bridgehead atoms. The lowest BCUT2D eigenvalue weighted by Crippen LogP contribution is -2.00. The average molecular weight is 266 g/mol. The highest BCUT2D eigenvalue weighted by Crippen LogP contribution is 2.31. The summed E-state index contributed by atoms with van der Waals surface area (Å²) in [6, 6.07) is 5.89. The van der Waals surface area contributed by atoms with Crippen LogP contribution in [0.5, 0.6) is 0 Å². The predicted octanol–water partition coefficient (Wildman–Crippen LogP) is 3.01. The fourth-order valence-electron chi connectivity index (χ4n) is 1.56. The molecule has 78 valence electrons. The lowest BCUT2D eigenvalue weighted by molar-refractivity contribution is 1.17. The van der Waals surface area contributed by atoms with Gasteiger partial charge in [0, 0.05) is 28.0 Å². The standard InChI is InChI=1S/C11H12BrN3/c1-2-14-11-8-3-4-9(12)10(13)7(8)5-6-15-11/h3-6H,2,13H2,1H3,(H,14,15). The molecule has 0 fully saturated rings. The number of nitrogen functional groups attached to an aromatic ring is 1. The predicted molar refractivity (Wildman–Crippen MR) is 68.0 cm³/mol. The fraction of sp³-hybridized carbons (Fsp3) is 0.182. The number of fused-ring (bicyclic) bond motifs is 1. The Kier molecular flexibility index (Phi) is 2.77. The minimum atomic E-state index is 0.758. The van der Waals surface area contributed by atoms with E-state index in [-0.39, 0.29) is 0 Å². The zero-order chi connectivity index (χ0) is 10.8. The van der Waals surface area contributed by atoms with Crippen LogP contribution in [0.4, 0.5) is 11.5 Å². The van der Waals surface area contributed by atoms with E-state index in [0.29, 0.717) is 0 Å². The van der Waals surface area contributed by atoms with Crippen LogP contribution < -0.4 is 11.1 Å². The first-order valence-electron chi connectivity index (χ1n) is 4.80. The molecule has 0 amide bonds. The molecule has 2 aromatic rings. The van der Waals surface area contributed by atoms with Crippen molar-refractivity contribution in [1.82, 2.24) is 4.98 Å². The number of anilines is 2. The molecule has 0 saturated carbocycles. The summed E-state index contributed by atoms with van der Waals surface area (Å²) < 4.78 is 0.920. The summed E-state index contributed by atoms with van der Waals surface area (Å²) in [7, 11) is 0. The van der Waals surface area contributed by atoms with Gasteiger partial charge in [-0.15, -0.1) is 0 Å². The SMILES string of the molecule is CCNc1nccc2c(N)c(Br)ccc12. The Labute approximate surface area is 96.8 Å². The van der Waals surface area contributed by atoms with Gasteiger partial charge in [-0.25, -0.2) is 4.98 Å². The van der Waals surface area contributed by atoms with Crippen LogP contribution in [0.25, 0.3) is 10.8 Å². The molecule has 0 aliphatic carbocycles. The van der Waals surface area contributed by atoms with Crippen molar-refractivity contribution in [2.45, 2.75) is 6.92 Å². The van der Waals surface area contributed by atoms with Crippen molar-refractivity contribution in [3.05, 3.63) is 28.9 Å². The Balaban J connectivity index is 2.72. The van der Waals surface area contributed by atoms with Crippen LogP contribution in [-0.4, -0.2) is 11.5 Å². The molecule has 1 aromatic carbocycles. The molecule has 1 heterocycles. The molecule has 3 N–H and O–H groups in total. The topological polar surface area (TPSA) is 50.9 Å². The van der Waals surface area contributed by atoms with Gasteiger partial charge in [0.05, 0.1) is 5.69 Å². The maximum absolute atomic E-state index is 5.98. The second kappa shape index (κ2) is 4.06. The van der Waals surface area contributed by atoms with E-state index >= 15 is 0 Å². The number of halogens is 1. The lowest BCUT2D eigenvalue weighted by atomic mass is 10.1. The summed E-state index contributed by atoms with van der Waals surface area (Å²) in [5.41, 5.74) is 6.74. The van der Waals surface area contributed by atoms with Gasteiger partial charge in [-0.1, -0.05) is 0 Å². The highest BCUT2D eigenvalue weighted by Gasteiger charge is 2.05. The van der Waals surface area contributed by atoms with E-state index in [0.717, 1.165) is 33.3 Å². The number of nitrogens with zero attached hydrogens (tertiary/aromatic N) is 1. The first-order chi connectivity index (χ1) is 7.24. The molecule has 0 saturated heterocycles. The quantitative estimate of drug-likeness (QED) is 0.821. The molecular formula is C11H12BrN3. The van der Waals surface area contributed by atoms with Crippen LogP contribution >= 0.6 is 15.9 Å². The van der Waals surface area contributed by atoms with Gasteiger partial charge in [-0.05, 0) is 41.1 Å². The maximum Gasteiger partial charge on any atom is 0.133 e. The molecule has 0 spiro atoms. The number of aromatic nitrogens is 1. The minimum Gasteiger partial charge on any atom is -0.397 e. The van der Waals surface area contributed by atoms with Crippen LogP contribution in [-0.2, 0) is 0 Å². The van der Waals surface area contributed by atoms with Crippen molar-refractivity contribution in [2.24, 2.45) is 0 Å². The molecule has 15 heavy (non-hydrogen) atoms. The third kappa shape index (κ3) is 1.77. The second-order valence-electron chi connectivity index (χ2n) is 3.25. The molecule has 0 atom stereocenters. The summed E-state index contributed by atoms with van der Waals surface area (Å²) in [5, 5.41) is 5.29. The van der Waals surface area contributed by atoms with Gasteiger partial charge < -0.3 is 11.1 Å². The molecule has 0 aliphatic rings. The molecule has 0 radical (unpaired) electrons. The maximum atomic E-state index is 5.98. The molecule has 2 rings (SSSR count). The van der Waals surface area contributed by atoms with E-state index in [1.54, 1.807) is 6.20 Å². The smallest absolute Gasteiger partial charge is 0.133 e. The van der Waals surface area contributed by atoms with Crippen molar-refractivity contribution >= 4 is 38.2 Å². The van der Waals surface area contributed by atoms with Crippen LogP contribution in [0.3, 0.4) is 0 Å². The van der Waals surface area contributed by atoms with Gasteiger partial charge in [0.2, 0.25) is 0 Å². The summed E-state index contributed by atoms with van der Waals surface area (Å²) in [4.78, 5) is 4.29. The first-order valence-corrected chi connectivity index (χ1v) is 5.60. The normalized spacial score (nSPS) is 10.5. The molecule has 1 aromatic heterocycles. The van der Waals surface area contributed by atoms with Crippen LogP contribution in [0.15, 0.2) is 28.9 Å². The molecule has 0 aliphatic heterocycles. The Morgan fingerprint density at radius 3 is 2.87 bits per heavy atom. The number of nitrogens with one attached hydrogen (secondary N) is 1. The highest BCUT2D eigenvalue weighted by atomic mass is 79.9. The van der Waals surface area contributed by atoms with Gasteiger partial charge >= 0.3 is 0 Å². The van der Waals surface area contributed by atoms with Crippen molar-refractivity contribution in [2.75, 3.05) is 17.6 Å². The van der Waals surface area contributed by atoms with E-state index in [1.807, 2.05) is 25.1 Å². The fourth-order valence-corrected chi connectivity index (χ4v) is 1.91. The zero-order valence-corrected chi connectivity index (χ0v) is 10.0. The Morgan fingerprint density at radius 1 is 1.33 bits per heavy atom. The van der Waals surface area contributed by atoms with Gasteiger partial charge in [-0.2, -0.15) is 0 Å². The molecular weight excluding hydrogens is 254 g/mol. The van der Waals surface area contributed by atoms with Gasteiger partial charge in [0.15, 0.2) is 0 Å². The van der Waals surface area contributed by atoms with Gasteiger partial charge in [-0.3, -0.25) is 0 Å². The van der Waals surface area contributed by atoms with Crippen molar-refractivity contribution < 1.29 is 0 Å². The number of pyridine rings is 1. The number of hydrogen-bond acceptors (Lipinski definition) is 3. The van der Waals surface area contributed by atoms with E-state index < -0.39 is 0 Å². The van der Waals surface area contributed by atoms with Crippen LogP contribution in [0.1, 0.15) is 6.92 Å². The third-order valence-corrected chi connectivity index (χ3v) is 2.97.